The first-order chi connectivity index (χ1) is 8.90. The Morgan fingerprint density at radius 3 is 2.58 bits per heavy atom. The van der Waals surface area contributed by atoms with E-state index in [2.05, 4.69) is 24.1 Å². The predicted molar refractivity (Wildman–Crippen MR) is 79.4 cm³/mol. The standard InChI is InChI=1S/C15H25N3O/c1-11(2)9-10-18(5)15(19)13-7-6-8-14(17-13)16-12(3)4/h6-8,11-12H,9-10H2,1-5H3,(H,16,17). The van der Waals surface area contributed by atoms with Crippen molar-refractivity contribution in [2.24, 2.45) is 5.92 Å². The van der Waals surface area contributed by atoms with Gasteiger partial charge in [-0.15, -0.1) is 0 Å². The number of nitrogens with one attached hydrogen (secondary N) is 1. The molecule has 1 rings (SSSR count). The zero-order chi connectivity index (χ0) is 14.4. The number of anilines is 1. The molecular formula is C15H25N3O. The van der Waals surface area contributed by atoms with Crippen molar-refractivity contribution in [2.75, 3.05) is 18.9 Å². The van der Waals surface area contributed by atoms with E-state index >= 15 is 0 Å². The van der Waals surface area contributed by atoms with Crippen molar-refractivity contribution in [3.05, 3.63) is 23.9 Å². The average molecular weight is 263 g/mol. The second kappa shape index (κ2) is 7.12. The Morgan fingerprint density at radius 2 is 2.00 bits per heavy atom. The highest BCUT2D eigenvalue weighted by Gasteiger charge is 2.13. The number of carbonyl (C=O) groups excluding carboxylic acids is 1. The summed E-state index contributed by atoms with van der Waals surface area (Å²) in [6.07, 6.45) is 1.01. The number of hydrogen-bond donors (Lipinski definition) is 1. The molecule has 1 N–H and O–H groups in total. The molecule has 0 radical (unpaired) electrons. The molecule has 1 amide bonds. The maximum atomic E-state index is 12.2. The van der Waals surface area contributed by atoms with Gasteiger partial charge in [-0.3, -0.25) is 4.79 Å². The minimum Gasteiger partial charge on any atom is -0.368 e. The fourth-order valence-electron chi connectivity index (χ4n) is 1.68. The molecule has 0 spiro atoms. The first kappa shape index (κ1) is 15.5. The quantitative estimate of drug-likeness (QED) is 0.858. The molecule has 0 aromatic carbocycles. The van der Waals surface area contributed by atoms with Crippen LogP contribution in [0.2, 0.25) is 0 Å². The molecule has 0 saturated heterocycles. The Morgan fingerprint density at radius 1 is 1.32 bits per heavy atom. The highest BCUT2D eigenvalue weighted by atomic mass is 16.2. The summed E-state index contributed by atoms with van der Waals surface area (Å²) < 4.78 is 0. The minimum atomic E-state index is -0.0203. The van der Waals surface area contributed by atoms with Crippen molar-refractivity contribution in [3.63, 3.8) is 0 Å². The van der Waals surface area contributed by atoms with Crippen LogP contribution >= 0.6 is 0 Å². The highest BCUT2D eigenvalue weighted by Crippen LogP contribution is 2.09. The van der Waals surface area contributed by atoms with E-state index < -0.39 is 0 Å². The number of aromatic nitrogens is 1. The lowest BCUT2D eigenvalue weighted by molar-refractivity contribution is 0.0783. The molecule has 0 aliphatic heterocycles. The van der Waals surface area contributed by atoms with Gasteiger partial charge in [0.15, 0.2) is 0 Å². The normalized spacial score (nSPS) is 10.9. The van der Waals surface area contributed by atoms with Crippen LogP contribution in [0.5, 0.6) is 0 Å². The molecule has 1 heterocycles. The number of carbonyl (C=O) groups is 1. The molecular weight excluding hydrogens is 238 g/mol. The molecule has 1 aromatic heterocycles. The number of hydrogen-bond acceptors (Lipinski definition) is 3. The van der Waals surface area contributed by atoms with Crippen molar-refractivity contribution in [3.8, 4) is 0 Å². The van der Waals surface area contributed by atoms with Crippen LogP contribution in [0.25, 0.3) is 0 Å². The monoisotopic (exact) mass is 263 g/mol. The van der Waals surface area contributed by atoms with Crippen LogP contribution in [0, 0.1) is 5.92 Å². The van der Waals surface area contributed by atoms with Crippen LogP contribution in [0.15, 0.2) is 18.2 Å². The van der Waals surface area contributed by atoms with Crippen molar-refractivity contribution in [1.29, 1.82) is 0 Å². The first-order valence-corrected chi connectivity index (χ1v) is 6.89. The second-order valence-electron chi connectivity index (χ2n) is 5.62. The SMILES string of the molecule is CC(C)CCN(C)C(=O)c1cccc(NC(C)C)n1. The van der Waals surface area contributed by atoms with E-state index in [-0.39, 0.29) is 5.91 Å². The van der Waals surface area contributed by atoms with Crippen LogP contribution in [0.1, 0.15) is 44.6 Å². The first-order valence-electron chi connectivity index (χ1n) is 6.89. The van der Waals surface area contributed by atoms with Gasteiger partial charge in [0.1, 0.15) is 11.5 Å². The van der Waals surface area contributed by atoms with Gasteiger partial charge in [0.2, 0.25) is 0 Å². The molecule has 0 aliphatic carbocycles. The van der Waals surface area contributed by atoms with Crippen LogP contribution in [0.4, 0.5) is 5.82 Å². The molecule has 106 valence electrons. The number of nitrogens with zero attached hydrogens (tertiary/aromatic N) is 2. The third kappa shape index (κ3) is 5.28. The maximum Gasteiger partial charge on any atom is 0.272 e. The fraction of sp³-hybridized carbons (Fsp3) is 0.600. The molecule has 4 heteroatoms. The van der Waals surface area contributed by atoms with Crippen LogP contribution in [-0.4, -0.2) is 35.4 Å². The number of pyridine rings is 1. The molecule has 1 aromatic rings. The van der Waals surface area contributed by atoms with Gasteiger partial charge in [-0.2, -0.15) is 0 Å². The summed E-state index contributed by atoms with van der Waals surface area (Å²) in [7, 11) is 1.83. The van der Waals surface area contributed by atoms with Crippen molar-refractivity contribution in [2.45, 2.75) is 40.2 Å². The third-order valence-electron chi connectivity index (χ3n) is 2.79. The Labute approximate surface area is 116 Å². The Balaban J connectivity index is 2.70. The largest absolute Gasteiger partial charge is 0.368 e. The van der Waals surface area contributed by atoms with Crippen LogP contribution in [0.3, 0.4) is 0 Å². The van der Waals surface area contributed by atoms with Crippen LogP contribution < -0.4 is 5.32 Å². The van der Waals surface area contributed by atoms with E-state index in [9.17, 15) is 4.79 Å². The van der Waals surface area contributed by atoms with Gasteiger partial charge < -0.3 is 10.2 Å². The van der Waals surface area contributed by atoms with E-state index in [4.69, 9.17) is 0 Å². The van der Waals surface area contributed by atoms with Crippen molar-refractivity contribution in [1.82, 2.24) is 9.88 Å². The fourth-order valence-corrected chi connectivity index (χ4v) is 1.68. The Bertz CT molecular complexity index is 416. The number of amides is 1. The second-order valence-corrected chi connectivity index (χ2v) is 5.62. The molecule has 0 bridgehead atoms. The predicted octanol–water partition coefficient (Wildman–Crippen LogP) is 3.02. The summed E-state index contributed by atoms with van der Waals surface area (Å²) in [5.74, 6) is 1.32. The smallest absolute Gasteiger partial charge is 0.272 e. The van der Waals surface area contributed by atoms with Gasteiger partial charge in [0.05, 0.1) is 0 Å². The van der Waals surface area contributed by atoms with Gasteiger partial charge in [0, 0.05) is 19.6 Å². The molecule has 0 saturated carbocycles. The van der Waals surface area contributed by atoms with Crippen LogP contribution in [-0.2, 0) is 0 Å². The summed E-state index contributed by atoms with van der Waals surface area (Å²) in [6.45, 7) is 9.17. The summed E-state index contributed by atoms with van der Waals surface area (Å²) in [5.41, 5.74) is 0.497. The van der Waals surface area contributed by atoms with Crippen molar-refractivity contribution >= 4 is 11.7 Å². The zero-order valence-electron chi connectivity index (χ0n) is 12.6. The van der Waals surface area contributed by atoms with E-state index in [1.54, 1.807) is 11.0 Å². The van der Waals surface area contributed by atoms with E-state index in [1.807, 2.05) is 33.0 Å². The van der Waals surface area contributed by atoms with E-state index in [1.165, 1.54) is 0 Å². The Hall–Kier alpha value is -1.58. The van der Waals surface area contributed by atoms with Gasteiger partial charge in [-0.1, -0.05) is 19.9 Å². The molecule has 4 nitrogen and oxygen atoms in total. The molecule has 19 heavy (non-hydrogen) atoms. The number of rotatable bonds is 6. The average Bonchev–Trinajstić information content (AvgIpc) is 2.34. The lowest BCUT2D eigenvalue weighted by atomic mass is 10.1. The summed E-state index contributed by atoms with van der Waals surface area (Å²) in [4.78, 5) is 18.3. The lowest BCUT2D eigenvalue weighted by Crippen LogP contribution is -2.29. The van der Waals surface area contributed by atoms with Crippen molar-refractivity contribution < 1.29 is 4.79 Å². The lowest BCUT2D eigenvalue weighted by Gasteiger charge is -2.18. The molecule has 0 atom stereocenters. The molecule has 0 fully saturated rings. The summed E-state index contributed by atoms with van der Waals surface area (Å²) in [6, 6.07) is 5.81. The van der Waals surface area contributed by atoms with Gasteiger partial charge in [-0.05, 0) is 38.3 Å². The van der Waals surface area contributed by atoms with Gasteiger partial charge >= 0.3 is 0 Å². The zero-order valence-corrected chi connectivity index (χ0v) is 12.6. The summed E-state index contributed by atoms with van der Waals surface area (Å²) in [5, 5.41) is 3.21. The Kier molecular flexibility index (Phi) is 5.80. The molecule has 0 aliphatic rings. The maximum absolute atomic E-state index is 12.2. The third-order valence-corrected chi connectivity index (χ3v) is 2.79. The molecule has 0 unspecified atom stereocenters. The van der Waals surface area contributed by atoms with E-state index in [0.29, 0.717) is 17.7 Å². The van der Waals surface area contributed by atoms with E-state index in [0.717, 1.165) is 18.8 Å². The highest BCUT2D eigenvalue weighted by molar-refractivity contribution is 5.92. The minimum absolute atomic E-state index is 0.0203. The summed E-state index contributed by atoms with van der Waals surface area (Å²) >= 11 is 0. The van der Waals surface area contributed by atoms with Gasteiger partial charge in [0.25, 0.3) is 5.91 Å². The topological polar surface area (TPSA) is 45.2 Å². The van der Waals surface area contributed by atoms with Gasteiger partial charge in [-0.25, -0.2) is 4.98 Å².